The number of likely N-dealkylation sites (tertiary alicyclic amines) is 1. The fraction of sp³-hybridized carbons (Fsp3) is 0.650. The van der Waals surface area contributed by atoms with Crippen molar-refractivity contribution in [3.63, 3.8) is 0 Å². The third kappa shape index (κ3) is 7.28. The van der Waals surface area contributed by atoms with Crippen molar-refractivity contribution >= 4 is 5.91 Å². The second kappa shape index (κ2) is 11.1. The van der Waals surface area contributed by atoms with Crippen LogP contribution in [0.2, 0.25) is 0 Å². The van der Waals surface area contributed by atoms with Crippen LogP contribution in [-0.2, 0) is 11.3 Å². The predicted octanol–water partition coefficient (Wildman–Crippen LogP) is 4.20. The number of rotatable bonds is 10. The van der Waals surface area contributed by atoms with Gasteiger partial charge in [-0.3, -0.25) is 9.69 Å². The minimum Gasteiger partial charge on any atom is -0.435 e. The topological polar surface area (TPSA) is 41.6 Å². The minimum atomic E-state index is -2.80. The number of piperidine rings is 1. The van der Waals surface area contributed by atoms with E-state index in [4.69, 9.17) is 0 Å². The Morgan fingerprint density at radius 2 is 2.04 bits per heavy atom. The van der Waals surface area contributed by atoms with Crippen LogP contribution >= 0.6 is 0 Å². The molecule has 146 valence electrons. The summed E-state index contributed by atoms with van der Waals surface area (Å²) in [4.78, 5) is 14.6. The lowest BCUT2D eigenvalue weighted by Gasteiger charge is -2.32. The van der Waals surface area contributed by atoms with Gasteiger partial charge in [0, 0.05) is 19.6 Å². The molecular weight excluding hydrogens is 338 g/mol. The van der Waals surface area contributed by atoms with Crippen molar-refractivity contribution in [1.29, 1.82) is 0 Å². The van der Waals surface area contributed by atoms with Gasteiger partial charge in [0.05, 0.1) is 5.92 Å². The van der Waals surface area contributed by atoms with Crippen LogP contribution in [0, 0.1) is 5.92 Å². The number of alkyl halides is 2. The van der Waals surface area contributed by atoms with E-state index in [0.717, 1.165) is 51.0 Å². The first kappa shape index (κ1) is 20.6. The van der Waals surface area contributed by atoms with Gasteiger partial charge in [-0.05, 0) is 43.5 Å². The van der Waals surface area contributed by atoms with Crippen molar-refractivity contribution in [2.45, 2.75) is 58.6 Å². The van der Waals surface area contributed by atoms with Gasteiger partial charge in [0.15, 0.2) is 0 Å². The monoisotopic (exact) mass is 368 g/mol. The number of nitrogens with one attached hydrogen (secondary N) is 1. The zero-order valence-electron chi connectivity index (χ0n) is 15.6. The number of benzene rings is 1. The molecule has 0 bridgehead atoms. The van der Waals surface area contributed by atoms with Gasteiger partial charge in [0.2, 0.25) is 5.91 Å². The number of carbonyl (C=O) groups excluding carboxylic acids is 1. The molecule has 1 aliphatic heterocycles. The van der Waals surface area contributed by atoms with Gasteiger partial charge in [-0.1, -0.05) is 38.3 Å². The Morgan fingerprint density at radius 1 is 1.27 bits per heavy atom. The lowest BCUT2D eigenvalue weighted by molar-refractivity contribution is -0.126. The summed E-state index contributed by atoms with van der Waals surface area (Å²) in [5.74, 6) is 0.367. The molecule has 0 saturated carbocycles. The van der Waals surface area contributed by atoms with Crippen molar-refractivity contribution in [1.82, 2.24) is 10.2 Å². The molecule has 1 amide bonds. The van der Waals surface area contributed by atoms with Crippen molar-refractivity contribution in [3.8, 4) is 5.75 Å². The van der Waals surface area contributed by atoms with Gasteiger partial charge in [0.25, 0.3) is 0 Å². The highest BCUT2D eigenvalue weighted by Gasteiger charge is 2.25. The first-order chi connectivity index (χ1) is 12.6. The number of ether oxygens (including phenoxy) is 1. The van der Waals surface area contributed by atoms with Gasteiger partial charge in [0.1, 0.15) is 5.75 Å². The molecule has 0 aliphatic carbocycles. The molecule has 6 heteroatoms. The smallest absolute Gasteiger partial charge is 0.387 e. The number of unbranched alkanes of at least 4 members (excludes halogenated alkanes) is 3. The molecule has 1 aromatic carbocycles. The largest absolute Gasteiger partial charge is 0.435 e. The molecule has 1 aliphatic rings. The van der Waals surface area contributed by atoms with Crippen LogP contribution < -0.4 is 10.1 Å². The Balaban J connectivity index is 1.75. The molecule has 2 rings (SSSR count). The van der Waals surface area contributed by atoms with Crippen molar-refractivity contribution < 1.29 is 18.3 Å². The normalized spacial score (nSPS) is 18.1. The molecular formula is C20H30F2N2O2. The highest BCUT2D eigenvalue weighted by Crippen LogP contribution is 2.21. The van der Waals surface area contributed by atoms with Crippen LogP contribution in [0.25, 0.3) is 0 Å². The highest BCUT2D eigenvalue weighted by atomic mass is 19.3. The summed E-state index contributed by atoms with van der Waals surface area (Å²) >= 11 is 0. The van der Waals surface area contributed by atoms with Crippen LogP contribution in [-0.4, -0.2) is 37.1 Å². The lowest BCUT2D eigenvalue weighted by Crippen LogP contribution is -2.42. The number of hydrogen-bond donors (Lipinski definition) is 1. The number of nitrogens with zero attached hydrogens (tertiary/aromatic N) is 1. The zero-order valence-corrected chi connectivity index (χ0v) is 15.6. The maximum Gasteiger partial charge on any atom is 0.387 e. The molecule has 1 heterocycles. The van der Waals surface area contributed by atoms with E-state index in [0.29, 0.717) is 0 Å². The summed E-state index contributed by atoms with van der Waals surface area (Å²) in [7, 11) is 0. The van der Waals surface area contributed by atoms with Gasteiger partial charge in [-0.15, -0.1) is 0 Å². The Labute approximate surface area is 154 Å². The first-order valence-electron chi connectivity index (χ1n) is 9.62. The quantitative estimate of drug-likeness (QED) is 0.630. The lowest BCUT2D eigenvalue weighted by atomic mass is 9.96. The zero-order chi connectivity index (χ0) is 18.8. The highest BCUT2D eigenvalue weighted by molar-refractivity contribution is 5.78. The summed E-state index contributed by atoms with van der Waals surface area (Å²) in [6.07, 6.45) is 6.55. The third-order valence-corrected chi connectivity index (χ3v) is 4.76. The van der Waals surface area contributed by atoms with Crippen molar-refractivity contribution in [2.24, 2.45) is 5.92 Å². The fourth-order valence-corrected chi connectivity index (χ4v) is 3.36. The molecule has 1 saturated heterocycles. The Kier molecular flexibility index (Phi) is 8.81. The van der Waals surface area contributed by atoms with Gasteiger partial charge in [-0.25, -0.2) is 0 Å². The SMILES string of the molecule is CCCCCCNC(=O)C1CCCN(Cc2ccc(OC(F)F)cc2)C1. The van der Waals surface area contributed by atoms with Crippen LogP contribution in [0.3, 0.4) is 0 Å². The van der Waals surface area contributed by atoms with Crippen LogP contribution in [0.15, 0.2) is 24.3 Å². The summed E-state index contributed by atoms with van der Waals surface area (Å²) in [5.41, 5.74) is 1.03. The van der Waals surface area contributed by atoms with E-state index in [9.17, 15) is 13.6 Å². The van der Waals surface area contributed by atoms with E-state index in [1.807, 2.05) is 0 Å². The third-order valence-electron chi connectivity index (χ3n) is 4.76. The van der Waals surface area contributed by atoms with E-state index >= 15 is 0 Å². The summed E-state index contributed by atoms with van der Waals surface area (Å²) in [6.45, 7) is 2.56. The second-order valence-electron chi connectivity index (χ2n) is 6.95. The summed E-state index contributed by atoms with van der Waals surface area (Å²) < 4.78 is 28.8. The molecule has 26 heavy (non-hydrogen) atoms. The minimum absolute atomic E-state index is 0.0383. The van der Waals surface area contributed by atoms with Crippen LogP contribution in [0.1, 0.15) is 51.0 Å². The maximum atomic E-state index is 12.4. The van der Waals surface area contributed by atoms with E-state index in [1.165, 1.54) is 19.3 Å². The molecule has 1 fully saturated rings. The Hall–Kier alpha value is -1.69. The van der Waals surface area contributed by atoms with Crippen LogP contribution in [0.4, 0.5) is 8.78 Å². The number of hydrogen-bond acceptors (Lipinski definition) is 3. The molecule has 1 N–H and O–H groups in total. The standard InChI is InChI=1S/C20H30F2N2O2/c1-2-3-4-5-12-23-19(25)17-7-6-13-24(15-17)14-16-8-10-18(11-9-16)26-20(21)22/h8-11,17,20H,2-7,12-15H2,1H3,(H,23,25). The van der Waals surface area contributed by atoms with E-state index in [2.05, 4.69) is 21.9 Å². The first-order valence-corrected chi connectivity index (χ1v) is 9.62. The number of halogens is 2. The maximum absolute atomic E-state index is 12.4. The summed E-state index contributed by atoms with van der Waals surface area (Å²) in [6, 6.07) is 6.72. The number of amides is 1. The van der Waals surface area contributed by atoms with E-state index < -0.39 is 6.61 Å². The van der Waals surface area contributed by atoms with E-state index in [-0.39, 0.29) is 17.6 Å². The number of carbonyl (C=O) groups is 1. The molecule has 1 aromatic rings. The second-order valence-corrected chi connectivity index (χ2v) is 6.95. The average Bonchev–Trinajstić information content (AvgIpc) is 2.63. The van der Waals surface area contributed by atoms with E-state index in [1.54, 1.807) is 24.3 Å². The predicted molar refractivity (Wildman–Crippen MR) is 98.2 cm³/mol. The Bertz CT molecular complexity index is 537. The van der Waals surface area contributed by atoms with Gasteiger partial charge >= 0.3 is 6.61 Å². The molecule has 1 atom stereocenters. The summed E-state index contributed by atoms with van der Waals surface area (Å²) in [5, 5.41) is 3.07. The van der Waals surface area contributed by atoms with Crippen LogP contribution in [0.5, 0.6) is 5.75 Å². The van der Waals surface area contributed by atoms with Crippen molar-refractivity contribution in [3.05, 3.63) is 29.8 Å². The molecule has 4 nitrogen and oxygen atoms in total. The van der Waals surface area contributed by atoms with Crippen molar-refractivity contribution in [2.75, 3.05) is 19.6 Å². The van der Waals surface area contributed by atoms with Gasteiger partial charge in [-0.2, -0.15) is 8.78 Å². The molecule has 1 unspecified atom stereocenters. The average molecular weight is 368 g/mol. The fourth-order valence-electron chi connectivity index (χ4n) is 3.36. The molecule has 0 radical (unpaired) electrons. The molecule has 0 aromatic heterocycles. The van der Waals surface area contributed by atoms with Gasteiger partial charge < -0.3 is 10.1 Å². The molecule has 0 spiro atoms. The Morgan fingerprint density at radius 3 is 2.73 bits per heavy atom.